The number of ketones is 1. The molecule has 0 amide bonds. The van der Waals surface area contributed by atoms with E-state index in [1.807, 2.05) is 20.8 Å². The van der Waals surface area contributed by atoms with E-state index in [0.717, 1.165) is 0 Å². The molecule has 0 saturated heterocycles. The Balaban J connectivity index is 2.06. The number of rotatable bonds is 6. The second-order valence-corrected chi connectivity index (χ2v) is 7.95. The van der Waals surface area contributed by atoms with E-state index in [4.69, 9.17) is 4.18 Å². The number of nitrogens with one attached hydrogen (secondary N) is 1. The molecule has 6 heteroatoms. The Bertz CT molecular complexity index is 791. The van der Waals surface area contributed by atoms with Gasteiger partial charge >= 0.3 is 10.1 Å². The number of carbonyl (C=O) groups is 1. The smallest absolute Gasteiger partial charge is 0.339 e. The van der Waals surface area contributed by atoms with E-state index >= 15 is 0 Å². The zero-order valence-electron chi connectivity index (χ0n) is 13.9. The Kier molecular flexibility index (Phi) is 5.41. The van der Waals surface area contributed by atoms with Crippen LogP contribution in [0.4, 0.5) is 0 Å². The van der Waals surface area contributed by atoms with Crippen LogP contribution in [0.5, 0.6) is 5.75 Å². The summed E-state index contributed by atoms with van der Waals surface area (Å²) in [7, 11) is -3.87. The minimum absolute atomic E-state index is 0.0672. The molecule has 0 atom stereocenters. The molecular weight excluding hydrogens is 326 g/mol. The molecule has 2 aromatic carbocycles. The zero-order valence-corrected chi connectivity index (χ0v) is 14.8. The van der Waals surface area contributed by atoms with Gasteiger partial charge in [0.15, 0.2) is 5.78 Å². The summed E-state index contributed by atoms with van der Waals surface area (Å²) in [5.74, 6) is 0.0987. The lowest BCUT2D eigenvalue weighted by Gasteiger charge is -2.19. The molecule has 0 aliphatic rings. The van der Waals surface area contributed by atoms with Gasteiger partial charge in [-0.25, -0.2) is 0 Å². The maximum absolute atomic E-state index is 12.1. The first-order chi connectivity index (χ1) is 11.2. The van der Waals surface area contributed by atoms with Crippen LogP contribution in [0.15, 0.2) is 59.5 Å². The Morgan fingerprint density at radius 3 is 2.12 bits per heavy atom. The van der Waals surface area contributed by atoms with E-state index < -0.39 is 10.1 Å². The van der Waals surface area contributed by atoms with E-state index in [9.17, 15) is 13.2 Å². The highest BCUT2D eigenvalue weighted by molar-refractivity contribution is 7.87. The molecule has 2 rings (SSSR count). The quantitative estimate of drug-likeness (QED) is 0.642. The summed E-state index contributed by atoms with van der Waals surface area (Å²) >= 11 is 0. The van der Waals surface area contributed by atoms with Gasteiger partial charge in [0.2, 0.25) is 0 Å². The van der Waals surface area contributed by atoms with Crippen molar-refractivity contribution in [3.8, 4) is 5.75 Å². The molecule has 24 heavy (non-hydrogen) atoms. The van der Waals surface area contributed by atoms with Crippen molar-refractivity contribution in [2.24, 2.45) is 0 Å². The molecule has 0 aliphatic heterocycles. The average Bonchev–Trinajstić information content (AvgIpc) is 2.53. The first kappa shape index (κ1) is 18.2. The molecule has 1 N–H and O–H groups in total. The molecule has 128 valence electrons. The monoisotopic (exact) mass is 347 g/mol. The number of carbonyl (C=O) groups excluding carboxylic acids is 1. The van der Waals surface area contributed by atoms with Crippen molar-refractivity contribution in [3.63, 3.8) is 0 Å². The minimum atomic E-state index is -3.87. The van der Waals surface area contributed by atoms with Gasteiger partial charge in [-0.1, -0.05) is 18.2 Å². The van der Waals surface area contributed by atoms with Crippen LogP contribution in [-0.2, 0) is 10.1 Å². The highest BCUT2D eigenvalue weighted by Crippen LogP contribution is 2.19. The molecule has 0 bridgehead atoms. The van der Waals surface area contributed by atoms with Crippen molar-refractivity contribution >= 4 is 15.9 Å². The summed E-state index contributed by atoms with van der Waals surface area (Å²) in [6.45, 7) is 6.15. The van der Waals surface area contributed by atoms with Gasteiger partial charge in [-0.3, -0.25) is 4.79 Å². The summed E-state index contributed by atoms with van der Waals surface area (Å²) in [5, 5.41) is 3.12. The van der Waals surface area contributed by atoms with Crippen molar-refractivity contribution in [2.75, 3.05) is 6.54 Å². The van der Waals surface area contributed by atoms with Gasteiger partial charge < -0.3 is 9.50 Å². The van der Waals surface area contributed by atoms with Gasteiger partial charge in [-0.05, 0) is 57.2 Å². The summed E-state index contributed by atoms with van der Waals surface area (Å²) in [4.78, 5) is 12.2. The van der Waals surface area contributed by atoms with Crippen molar-refractivity contribution in [2.45, 2.75) is 31.2 Å². The van der Waals surface area contributed by atoms with Crippen LogP contribution >= 0.6 is 0 Å². The maximum atomic E-state index is 12.1. The van der Waals surface area contributed by atoms with E-state index in [0.29, 0.717) is 5.56 Å². The summed E-state index contributed by atoms with van der Waals surface area (Å²) in [5.41, 5.74) is 0.346. The molecule has 0 radical (unpaired) electrons. The Labute approximate surface area is 142 Å². The molecule has 2 aromatic rings. The highest BCUT2D eigenvalue weighted by Gasteiger charge is 2.17. The Morgan fingerprint density at radius 2 is 1.58 bits per heavy atom. The van der Waals surface area contributed by atoms with Crippen LogP contribution < -0.4 is 9.50 Å². The normalized spacial score (nSPS) is 12.0. The fourth-order valence-corrected chi connectivity index (χ4v) is 2.86. The fourth-order valence-electron chi connectivity index (χ4n) is 1.91. The predicted octanol–water partition coefficient (Wildman–Crippen LogP) is 3.03. The molecule has 0 aliphatic carbocycles. The predicted molar refractivity (Wildman–Crippen MR) is 92.8 cm³/mol. The number of hydrogen-bond donors (Lipinski definition) is 1. The van der Waals surface area contributed by atoms with Crippen LogP contribution in [0.25, 0.3) is 0 Å². The lowest BCUT2D eigenvalue weighted by molar-refractivity contribution is 0.0982. The van der Waals surface area contributed by atoms with E-state index in [1.54, 1.807) is 30.3 Å². The van der Waals surface area contributed by atoms with Crippen LogP contribution in [0.1, 0.15) is 31.1 Å². The summed E-state index contributed by atoms with van der Waals surface area (Å²) in [6.07, 6.45) is 0. The third kappa shape index (κ3) is 5.18. The number of benzene rings is 2. The van der Waals surface area contributed by atoms with E-state index in [2.05, 4.69) is 5.32 Å². The first-order valence-electron chi connectivity index (χ1n) is 7.55. The van der Waals surface area contributed by atoms with Gasteiger partial charge in [0.05, 0.1) is 6.54 Å². The number of hydrogen-bond acceptors (Lipinski definition) is 5. The minimum Gasteiger partial charge on any atom is -0.379 e. The topological polar surface area (TPSA) is 72.5 Å². The Morgan fingerprint density at radius 1 is 1.00 bits per heavy atom. The lowest BCUT2D eigenvalue weighted by Crippen LogP contribution is -2.39. The zero-order chi connectivity index (χ0) is 17.8. The van der Waals surface area contributed by atoms with Crippen molar-refractivity contribution < 1.29 is 17.4 Å². The third-order valence-corrected chi connectivity index (χ3v) is 4.45. The fraction of sp³-hybridized carbons (Fsp3) is 0.278. The molecule has 0 spiro atoms. The van der Waals surface area contributed by atoms with E-state index in [1.165, 1.54) is 24.3 Å². The number of Topliss-reactive ketones (excluding diaryl/α,β-unsaturated/α-hetero) is 1. The lowest BCUT2D eigenvalue weighted by atomic mass is 10.1. The van der Waals surface area contributed by atoms with Crippen molar-refractivity contribution in [3.05, 3.63) is 60.2 Å². The SMILES string of the molecule is CC(C)(C)NCC(=O)c1ccc(OS(=O)(=O)c2ccccc2)cc1. The standard InChI is InChI=1S/C18H21NO4S/c1-18(2,3)19-13-17(20)14-9-11-15(12-10-14)23-24(21,22)16-7-5-4-6-8-16/h4-12,19H,13H2,1-3H3. The molecule has 0 unspecified atom stereocenters. The van der Waals surface area contributed by atoms with Gasteiger partial charge in [-0.15, -0.1) is 0 Å². The second kappa shape index (κ2) is 7.15. The molecule has 0 aromatic heterocycles. The van der Waals surface area contributed by atoms with Gasteiger partial charge in [0, 0.05) is 11.1 Å². The van der Waals surface area contributed by atoms with Gasteiger partial charge in [0.1, 0.15) is 10.6 Å². The maximum Gasteiger partial charge on any atom is 0.339 e. The summed E-state index contributed by atoms with van der Waals surface area (Å²) in [6, 6.07) is 14.0. The highest BCUT2D eigenvalue weighted by atomic mass is 32.2. The van der Waals surface area contributed by atoms with Crippen LogP contribution in [0.2, 0.25) is 0 Å². The molecule has 5 nitrogen and oxygen atoms in total. The molecule has 0 saturated carbocycles. The van der Waals surface area contributed by atoms with Gasteiger partial charge in [0.25, 0.3) is 0 Å². The first-order valence-corrected chi connectivity index (χ1v) is 8.96. The van der Waals surface area contributed by atoms with E-state index in [-0.39, 0.29) is 28.5 Å². The average molecular weight is 347 g/mol. The second-order valence-electron chi connectivity index (χ2n) is 6.40. The van der Waals surface area contributed by atoms with Crippen LogP contribution in [0.3, 0.4) is 0 Å². The van der Waals surface area contributed by atoms with Crippen molar-refractivity contribution in [1.29, 1.82) is 0 Å². The third-order valence-electron chi connectivity index (χ3n) is 3.19. The molecular formula is C18H21NO4S. The molecule has 0 heterocycles. The van der Waals surface area contributed by atoms with Crippen LogP contribution in [-0.4, -0.2) is 26.3 Å². The van der Waals surface area contributed by atoms with Crippen molar-refractivity contribution in [1.82, 2.24) is 5.32 Å². The Hall–Kier alpha value is -2.18. The molecule has 0 fully saturated rings. The summed E-state index contributed by atoms with van der Waals surface area (Å²) < 4.78 is 29.4. The van der Waals surface area contributed by atoms with Gasteiger partial charge in [-0.2, -0.15) is 8.42 Å². The largest absolute Gasteiger partial charge is 0.379 e. The van der Waals surface area contributed by atoms with Crippen LogP contribution in [0, 0.1) is 0 Å².